The number of ether oxygens (including phenoxy) is 2. The molecule has 6 nitrogen and oxygen atoms in total. The molecule has 0 aliphatic heterocycles. The van der Waals surface area contributed by atoms with E-state index in [0.29, 0.717) is 18.2 Å². The van der Waals surface area contributed by atoms with E-state index in [1.165, 1.54) is 6.92 Å². The van der Waals surface area contributed by atoms with Crippen LogP contribution in [-0.2, 0) is 15.1 Å². The van der Waals surface area contributed by atoms with Crippen molar-refractivity contribution in [3.63, 3.8) is 0 Å². The molecule has 1 amide bonds. The molecule has 0 saturated heterocycles. The summed E-state index contributed by atoms with van der Waals surface area (Å²) in [5, 5.41) is 11.8. The van der Waals surface area contributed by atoms with Gasteiger partial charge in [-0.25, -0.2) is 26.7 Å². The van der Waals surface area contributed by atoms with Gasteiger partial charge in [-0.3, -0.25) is 4.79 Å². The van der Waals surface area contributed by atoms with Gasteiger partial charge in [-0.15, -0.1) is 0 Å². The van der Waals surface area contributed by atoms with Crippen LogP contribution in [0.4, 0.5) is 40.8 Å². The average molecular weight is 487 g/mol. The Morgan fingerprint density at radius 1 is 0.970 bits per heavy atom. The van der Waals surface area contributed by atoms with E-state index in [9.17, 15) is 49.8 Å². The van der Waals surface area contributed by atoms with Crippen LogP contribution in [0.2, 0.25) is 0 Å². The third kappa shape index (κ3) is 4.42. The van der Waals surface area contributed by atoms with E-state index in [-0.39, 0.29) is 0 Å². The number of carbonyl (C=O) groups excluding carboxylic acids is 2. The number of esters is 1. The van der Waals surface area contributed by atoms with Crippen LogP contribution in [0.15, 0.2) is 18.2 Å². The predicted molar refractivity (Wildman–Crippen MR) is 93.8 cm³/mol. The highest BCUT2D eigenvalue weighted by atomic mass is 19.4. The van der Waals surface area contributed by atoms with Gasteiger partial charge in [0.05, 0.1) is 19.4 Å². The van der Waals surface area contributed by atoms with Crippen molar-refractivity contribution in [3.8, 4) is 5.75 Å². The standard InChI is InChI=1S/C19H13F8NO5/c1-3-33-17(30)18(31,19(25,26)27)7-4-5-8(9(6-7)32-2)28-16(29)10-11(20)13(22)15(24)14(23)12(10)21/h4-6,31H,3H2,1-2H3,(H,28,29). The Balaban J connectivity index is 2.54. The number of halogens is 8. The van der Waals surface area contributed by atoms with Crippen molar-refractivity contribution in [3.05, 3.63) is 58.4 Å². The predicted octanol–water partition coefficient (Wildman–Crippen LogP) is 3.96. The van der Waals surface area contributed by atoms with Gasteiger partial charge < -0.3 is 19.9 Å². The van der Waals surface area contributed by atoms with E-state index >= 15 is 0 Å². The smallest absolute Gasteiger partial charge is 0.432 e. The van der Waals surface area contributed by atoms with Gasteiger partial charge in [-0.2, -0.15) is 13.2 Å². The number of amides is 1. The monoisotopic (exact) mass is 487 g/mol. The number of nitrogens with one attached hydrogen (secondary N) is 1. The maximum atomic E-state index is 13.8. The minimum Gasteiger partial charge on any atom is -0.495 e. The number of benzene rings is 2. The maximum absolute atomic E-state index is 13.8. The molecule has 1 unspecified atom stereocenters. The summed E-state index contributed by atoms with van der Waals surface area (Å²) in [6.45, 7) is 0.678. The second-order valence-corrected chi connectivity index (χ2v) is 6.24. The molecule has 0 aliphatic carbocycles. The van der Waals surface area contributed by atoms with Gasteiger partial charge in [0, 0.05) is 5.56 Å². The van der Waals surface area contributed by atoms with Crippen LogP contribution in [-0.4, -0.2) is 36.9 Å². The number of hydrogen-bond acceptors (Lipinski definition) is 5. The molecule has 1 atom stereocenters. The molecule has 2 N–H and O–H groups in total. The first-order chi connectivity index (χ1) is 15.2. The van der Waals surface area contributed by atoms with E-state index in [4.69, 9.17) is 4.74 Å². The fraction of sp³-hybridized carbons (Fsp3) is 0.263. The third-order valence-electron chi connectivity index (χ3n) is 4.29. The minimum atomic E-state index is -5.57. The lowest BCUT2D eigenvalue weighted by atomic mass is 9.92. The Morgan fingerprint density at radius 2 is 1.48 bits per heavy atom. The molecule has 14 heteroatoms. The van der Waals surface area contributed by atoms with E-state index in [1.807, 2.05) is 0 Å². The summed E-state index contributed by atoms with van der Waals surface area (Å²) < 4.78 is 117. The number of alkyl halides is 3. The zero-order valence-electron chi connectivity index (χ0n) is 16.5. The highest BCUT2D eigenvalue weighted by Gasteiger charge is 2.62. The number of rotatable bonds is 6. The molecule has 0 heterocycles. The Labute approximate surface area is 179 Å². The number of methoxy groups -OCH3 is 1. The van der Waals surface area contributed by atoms with Crippen molar-refractivity contribution in [1.29, 1.82) is 0 Å². The van der Waals surface area contributed by atoms with Crippen molar-refractivity contribution < 1.29 is 59.3 Å². The Bertz CT molecular complexity index is 1080. The molecule has 0 fully saturated rings. The van der Waals surface area contributed by atoms with Crippen molar-refractivity contribution in [2.45, 2.75) is 18.7 Å². The number of anilines is 1. The third-order valence-corrected chi connectivity index (χ3v) is 4.29. The van der Waals surface area contributed by atoms with Gasteiger partial charge in [-0.1, -0.05) is 6.07 Å². The largest absolute Gasteiger partial charge is 0.495 e. The zero-order chi connectivity index (χ0) is 25.3. The summed E-state index contributed by atoms with van der Waals surface area (Å²) in [7, 11) is 0.879. The van der Waals surface area contributed by atoms with E-state index in [1.54, 1.807) is 5.32 Å². The van der Waals surface area contributed by atoms with Gasteiger partial charge in [0.15, 0.2) is 23.3 Å². The van der Waals surface area contributed by atoms with Crippen molar-refractivity contribution >= 4 is 17.6 Å². The average Bonchev–Trinajstić information content (AvgIpc) is 2.75. The summed E-state index contributed by atoms with van der Waals surface area (Å²) in [4.78, 5) is 24.0. The topological polar surface area (TPSA) is 84.9 Å². The van der Waals surface area contributed by atoms with Gasteiger partial charge in [0.2, 0.25) is 5.82 Å². The molecule has 0 bridgehead atoms. The molecule has 0 saturated carbocycles. The maximum Gasteiger partial charge on any atom is 0.432 e. The van der Waals surface area contributed by atoms with Crippen LogP contribution < -0.4 is 10.1 Å². The molecule has 2 rings (SSSR count). The molecule has 0 aliphatic rings. The lowest BCUT2D eigenvalue weighted by Gasteiger charge is -2.29. The molecule has 180 valence electrons. The van der Waals surface area contributed by atoms with Gasteiger partial charge in [0.25, 0.3) is 11.5 Å². The second kappa shape index (κ2) is 9.21. The SMILES string of the molecule is CCOC(=O)C(O)(c1ccc(NC(=O)c2c(F)c(F)c(F)c(F)c2F)c(OC)c1)C(F)(F)F. The van der Waals surface area contributed by atoms with E-state index in [2.05, 4.69) is 4.74 Å². The zero-order valence-corrected chi connectivity index (χ0v) is 16.5. The van der Waals surface area contributed by atoms with Crippen LogP contribution >= 0.6 is 0 Å². The Morgan fingerprint density at radius 3 is 1.94 bits per heavy atom. The van der Waals surface area contributed by atoms with Crippen LogP contribution in [0.3, 0.4) is 0 Å². The molecule has 0 spiro atoms. The molecular formula is C19H13F8NO5. The van der Waals surface area contributed by atoms with Gasteiger partial charge in [-0.05, 0) is 19.1 Å². The number of hydrogen-bond donors (Lipinski definition) is 2. The summed E-state index contributed by atoms with van der Waals surface area (Å²) in [6.07, 6.45) is -5.57. The number of carbonyl (C=O) groups is 2. The first-order valence-electron chi connectivity index (χ1n) is 8.69. The lowest BCUT2D eigenvalue weighted by molar-refractivity contribution is -0.267. The van der Waals surface area contributed by atoms with Crippen molar-refractivity contribution in [1.82, 2.24) is 0 Å². The molecule has 2 aromatic rings. The van der Waals surface area contributed by atoms with E-state index in [0.717, 1.165) is 7.11 Å². The molecule has 2 aromatic carbocycles. The van der Waals surface area contributed by atoms with Crippen LogP contribution in [0.25, 0.3) is 0 Å². The normalized spacial score (nSPS) is 13.3. The first kappa shape index (κ1) is 25.8. The number of aliphatic hydroxyl groups is 1. The molecule has 0 radical (unpaired) electrons. The van der Waals surface area contributed by atoms with Crippen molar-refractivity contribution in [2.75, 3.05) is 19.0 Å². The van der Waals surface area contributed by atoms with Crippen molar-refractivity contribution in [2.24, 2.45) is 0 Å². The van der Waals surface area contributed by atoms with Gasteiger partial charge in [0.1, 0.15) is 11.3 Å². The summed E-state index contributed by atoms with van der Waals surface area (Å²) in [5.41, 5.74) is -7.72. The fourth-order valence-electron chi connectivity index (χ4n) is 2.64. The summed E-state index contributed by atoms with van der Waals surface area (Å²) in [5.74, 6) is -16.8. The second-order valence-electron chi connectivity index (χ2n) is 6.24. The van der Waals surface area contributed by atoms with Crippen LogP contribution in [0.1, 0.15) is 22.8 Å². The summed E-state index contributed by atoms with van der Waals surface area (Å²) in [6, 6.07) is 1.59. The minimum absolute atomic E-state index is 0.457. The Hall–Kier alpha value is -3.42. The first-order valence-corrected chi connectivity index (χ1v) is 8.69. The quantitative estimate of drug-likeness (QED) is 0.279. The Kier molecular flexibility index (Phi) is 7.21. The van der Waals surface area contributed by atoms with E-state index < -0.39 is 81.9 Å². The highest BCUT2D eigenvalue weighted by Crippen LogP contribution is 2.42. The van der Waals surface area contributed by atoms with Gasteiger partial charge >= 0.3 is 12.1 Å². The molecule has 33 heavy (non-hydrogen) atoms. The lowest BCUT2D eigenvalue weighted by Crippen LogP contribution is -2.50. The fourth-order valence-corrected chi connectivity index (χ4v) is 2.64. The highest BCUT2D eigenvalue weighted by molar-refractivity contribution is 6.05. The molecular weight excluding hydrogens is 474 g/mol. The molecule has 0 aromatic heterocycles. The van der Waals surface area contributed by atoms with Crippen LogP contribution in [0, 0.1) is 29.1 Å². The van der Waals surface area contributed by atoms with Crippen LogP contribution in [0.5, 0.6) is 5.75 Å². The summed E-state index contributed by atoms with van der Waals surface area (Å²) >= 11 is 0.